The van der Waals surface area contributed by atoms with Crippen LogP contribution in [0.1, 0.15) is 18.4 Å². The van der Waals surface area contributed by atoms with Gasteiger partial charge < -0.3 is 14.5 Å². The maximum atomic E-state index is 13.2. The van der Waals surface area contributed by atoms with E-state index in [2.05, 4.69) is 15.5 Å². The number of methoxy groups -OCH3 is 1. The Morgan fingerprint density at radius 1 is 1.18 bits per heavy atom. The second-order valence-electron chi connectivity index (χ2n) is 5.86. The molecule has 6 nitrogen and oxygen atoms in total. The van der Waals surface area contributed by atoms with Crippen molar-refractivity contribution in [1.29, 1.82) is 0 Å². The normalized spacial score (nSPS) is 11.9. The van der Waals surface area contributed by atoms with Crippen molar-refractivity contribution < 1.29 is 22.7 Å². The van der Waals surface area contributed by atoms with E-state index < -0.39 is 22.8 Å². The molecule has 0 saturated heterocycles. The summed E-state index contributed by atoms with van der Waals surface area (Å²) in [6.07, 6.45) is 0.451. The van der Waals surface area contributed by atoms with Crippen molar-refractivity contribution in [3.63, 3.8) is 0 Å². The number of ether oxygens (including phenoxy) is 1. The van der Waals surface area contributed by atoms with E-state index in [0.29, 0.717) is 12.3 Å². The van der Waals surface area contributed by atoms with Crippen LogP contribution in [-0.2, 0) is 11.2 Å². The number of hydrogen-bond acceptors (Lipinski definition) is 6. The van der Waals surface area contributed by atoms with Gasteiger partial charge in [0.25, 0.3) is 5.22 Å². The van der Waals surface area contributed by atoms with E-state index in [-0.39, 0.29) is 10.9 Å². The summed E-state index contributed by atoms with van der Waals surface area (Å²) in [5.41, 5.74) is 1.15. The molecule has 0 aliphatic carbocycles. The molecule has 3 aromatic rings. The van der Waals surface area contributed by atoms with Crippen LogP contribution in [0.5, 0.6) is 5.75 Å². The molecule has 0 bridgehead atoms. The molecule has 28 heavy (non-hydrogen) atoms. The molecule has 0 fully saturated rings. The van der Waals surface area contributed by atoms with Crippen molar-refractivity contribution in [2.45, 2.75) is 23.8 Å². The van der Waals surface area contributed by atoms with E-state index in [9.17, 15) is 13.6 Å². The lowest BCUT2D eigenvalue weighted by atomic mass is 10.1. The standard InChI is InChI=1S/C19H17F2N3O3S/c1-11(18(25)22-13-5-8-15(20)16(21)10-13)28-19-24-23-17(27-19)9-12-3-6-14(26-2)7-4-12/h3-8,10-11H,9H2,1-2H3,(H,22,25)/t11-/m1/s1. The van der Waals surface area contributed by atoms with Crippen molar-refractivity contribution in [2.75, 3.05) is 12.4 Å². The minimum atomic E-state index is -1.03. The molecule has 0 unspecified atom stereocenters. The minimum absolute atomic E-state index is 0.169. The lowest BCUT2D eigenvalue weighted by Gasteiger charge is -2.10. The predicted molar refractivity (Wildman–Crippen MR) is 100 cm³/mol. The zero-order valence-electron chi connectivity index (χ0n) is 15.1. The molecule has 1 N–H and O–H groups in total. The molecule has 1 heterocycles. The first kappa shape index (κ1) is 19.8. The van der Waals surface area contributed by atoms with Crippen LogP contribution >= 0.6 is 11.8 Å². The van der Waals surface area contributed by atoms with Gasteiger partial charge in [-0.25, -0.2) is 8.78 Å². The Balaban J connectivity index is 1.57. The van der Waals surface area contributed by atoms with Crippen molar-refractivity contribution in [3.05, 3.63) is 65.6 Å². The number of anilines is 1. The summed E-state index contributed by atoms with van der Waals surface area (Å²) >= 11 is 1.08. The fraction of sp³-hybridized carbons (Fsp3) is 0.211. The average Bonchev–Trinajstić information content (AvgIpc) is 3.12. The SMILES string of the molecule is COc1ccc(Cc2nnc(S[C@H](C)C(=O)Nc3ccc(F)c(F)c3)o2)cc1. The number of nitrogens with zero attached hydrogens (tertiary/aromatic N) is 2. The molecule has 1 atom stereocenters. The zero-order valence-corrected chi connectivity index (χ0v) is 15.9. The first-order valence-electron chi connectivity index (χ1n) is 8.32. The average molecular weight is 405 g/mol. The second-order valence-corrected chi connectivity index (χ2v) is 7.16. The smallest absolute Gasteiger partial charge is 0.277 e. The molecule has 1 amide bonds. The Morgan fingerprint density at radius 3 is 2.61 bits per heavy atom. The number of amides is 1. The summed E-state index contributed by atoms with van der Waals surface area (Å²) in [4.78, 5) is 12.2. The summed E-state index contributed by atoms with van der Waals surface area (Å²) in [6, 6.07) is 10.6. The first-order chi connectivity index (χ1) is 13.4. The minimum Gasteiger partial charge on any atom is -0.497 e. The van der Waals surface area contributed by atoms with Gasteiger partial charge in [-0.1, -0.05) is 23.9 Å². The highest BCUT2D eigenvalue weighted by atomic mass is 32.2. The maximum absolute atomic E-state index is 13.2. The van der Waals surface area contributed by atoms with Crippen LogP contribution in [-0.4, -0.2) is 28.5 Å². The molecule has 9 heteroatoms. The van der Waals surface area contributed by atoms with Crippen LogP contribution in [0.2, 0.25) is 0 Å². The van der Waals surface area contributed by atoms with Gasteiger partial charge in [0.1, 0.15) is 5.75 Å². The molecular formula is C19H17F2N3O3S. The Morgan fingerprint density at radius 2 is 1.93 bits per heavy atom. The second kappa shape index (κ2) is 8.83. The lowest BCUT2D eigenvalue weighted by Crippen LogP contribution is -2.22. The molecule has 0 aliphatic heterocycles. The van der Waals surface area contributed by atoms with Gasteiger partial charge in [0.05, 0.1) is 18.8 Å². The van der Waals surface area contributed by atoms with Gasteiger partial charge in [-0.05, 0) is 36.8 Å². The van der Waals surface area contributed by atoms with Crippen molar-refractivity contribution in [2.24, 2.45) is 0 Å². The lowest BCUT2D eigenvalue weighted by molar-refractivity contribution is -0.115. The fourth-order valence-corrected chi connectivity index (χ4v) is 3.00. The molecule has 2 aromatic carbocycles. The third kappa shape index (κ3) is 5.07. The van der Waals surface area contributed by atoms with Crippen molar-refractivity contribution in [1.82, 2.24) is 10.2 Å². The molecule has 146 valence electrons. The van der Waals surface area contributed by atoms with E-state index in [1.54, 1.807) is 14.0 Å². The summed E-state index contributed by atoms with van der Waals surface area (Å²) in [5.74, 6) is -1.23. The van der Waals surface area contributed by atoms with Gasteiger partial charge in [0.15, 0.2) is 11.6 Å². The molecule has 0 aliphatic rings. The number of nitrogens with one attached hydrogen (secondary N) is 1. The van der Waals surface area contributed by atoms with E-state index in [0.717, 1.165) is 35.2 Å². The third-order valence-electron chi connectivity index (χ3n) is 3.80. The highest BCUT2D eigenvalue weighted by molar-refractivity contribution is 8.00. The van der Waals surface area contributed by atoms with Crippen LogP contribution in [0.3, 0.4) is 0 Å². The topological polar surface area (TPSA) is 77.2 Å². The number of halogens is 2. The third-order valence-corrected chi connectivity index (χ3v) is 4.73. The number of hydrogen-bond donors (Lipinski definition) is 1. The van der Waals surface area contributed by atoms with E-state index in [1.165, 1.54) is 6.07 Å². The monoisotopic (exact) mass is 405 g/mol. The van der Waals surface area contributed by atoms with E-state index in [4.69, 9.17) is 9.15 Å². The Kier molecular flexibility index (Phi) is 6.25. The Labute approximate surface area is 164 Å². The summed E-state index contributed by atoms with van der Waals surface area (Å²) in [5, 5.41) is 10.1. The number of aromatic nitrogens is 2. The molecular weight excluding hydrogens is 388 g/mol. The van der Waals surface area contributed by atoms with Gasteiger partial charge in [-0.15, -0.1) is 10.2 Å². The van der Waals surface area contributed by atoms with Gasteiger partial charge in [-0.3, -0.25) is 4.79 Å². The molecule has 3 rings (SSSR count). The predicted octanol–water partition coefficient (Wildman–Crippen LogP) is 4.07. The van der Waals surface area contributed by atoms with Gasteiger partial charge >= 0.3 is 0 Å². The maximum Gasteiger partial charge on any atom is 0.277 e. The van der Waals surface area contributed by atoms with Crippen LogP contribution < -0.4 is 10.1 Å². The van der Waals surface area contributed by atoms with E-state index >= 15 is 0 Å². The zero-order chi connectivity index (χ0) is 20.1. The number of rotatable bonds is 7. The highest BCUT2D eigenvalue weighted by Gasteiger charge is 2.19. The largest absolute Gasteiger partial charge is 0.497 e. The summed E-state index contributed by atoms with van der Waals surface area (Å²) in [6.45, 7) is 1.65. The first-order valence-corrected chi connectivity index (χ1v) is 9.20. The van der Waals surface area contributed by atoms with Crippen LogP contribution in [0.4, 0.5) is 14.5 Å². The van der Waals surface area contributed by atoms with Gasteiger partial charge in [0.2, 0.25) is 11.8 Å². The summed E-state index contributed by atoms with van der Waals surface area (Å²) in [7, 11) is 1.60. The number of carbonyl (C=O) groups is 1. The Bertz CT molecular complexity index is 963. The molecule has 0 spiro atoms. The van der Waals surface area contributed by atoms with E-state index in [1.807, 2.05) is 24.3 Å². The van der Waals surface area contributed by atoms with Gasteiger partial charge in [0, 0.05) is 11.8 Å². The van der Waals surface area contributed by atoms with Crippen molar-refractivity contribution >= 4 is 23.4 Å². The summed E-state index contributed by atoms with van der Waals surface area (Å²) < 4.78 is 36.9. The highest BCUT2D eigenvalue weighted by Crippen LogP contribution is 2.24. The van der Waals surface area contributed by atoms with Gasteiger partial charge in [-0.2, -0.15) is 0 Å². The van der Waals surface area contributed by atoms with Crippen LogP contribution in [0.15, 0.2) is 52.1 Å². The number of carbonyl (C=O) groups excluding carboxylic acids is 1. The fourth-order valence-electron chi connectivity index (χ4n) is 2.30. The quantitative estimate of drug-likeness (QED) is 0.597. The molecule has 0 saturated carbocycles. The number of benzene rings is 2. The van der Waals surface area contributed by atoms with Crippen LogP contribution in [0.25, 0.3) is 0 Å². The number of thioether (sulfide) groups is 1. The van der Waals surface area contributed by atoms with Crippen LogP contribution in [0, 0.1) is 11.6 Å². The Hall–Kier alpha value is -2.94. The molecule has 1 aromatic heterocycles. The van der Waals surface area contributed by atoms with Crippen molar-refractivity contribution in [3.8, 4) is 5.75 Å². The molecule has 0 radical (unpaired) electrons.